The lowest BCUT2D eigenvalue weighted by Gasteiger charge is -2.24. The Bertz CT molecular complexity index is 2670. The van der Waals surface area contributed by atoms with Crippen LogP contribution in [0.1, 0.15) is 31.8 Å². The van der Waals surface area contributed by atoms with E-state index in [4.69, 9.17) is 17.3 Å². The molecular weight excluding hydrogens is 754 g/mol. The normalized spacial score (nSPS) is 12.9. The SMILES string of the molecule is Nc1c(S(=O)(=O)O)cc(Nc2ccc(Nc3nc(Cl)nc(Nc4cccc(S(=O)(=O)O)c4)n3)cc2S(=O)(=O)O)c2c1C(=O)c1ccccc1C2=O. The lowest BCUT2D eigenvalue weighted by molar-refractivity contribution is 0.0980. The fraction of sp³-hybridized carbons (Fsp3) is 0. The highest BCUT2D eigenvalue weighted by Crippen LogP contribution is 2.41. The smallest absolute Gasteiger partial charge is 0.296 e. The van der Waals surface area contributed by atoms with Crippen molar-refractivity contribution in [3.8, 4) is 0 Å². The van der Waals surface area contributed by atoms with Crippen molar-refractivity contribution in [1.29, 1.82) is 0 Å². The van der Waals surface area contributed by atoms with Gasteiger partial charge in [-0.2, -0.15) is 40.2 Å². The molecule has 6 rings (SSSR count). The first kappa shape index (κ1) is 35.3. The molecule has 262 valence electrons. The monoisotopic (exact) mass is 773 g/mol. The van der Waals surface area contributed by atoms with Crippen LogP contribution in [-0.2, 0) is 30.4 Å². The molecule has 0 unspecified atom stereocenters. The van der Waals surface area contributed by atoms with Crippen LogP contribution in [0.4, 0.5) is 40.3 Å². The molecule has 18 nitrogen and oxygen atoms in total. The largest absolute Gasteiger partial charge is 0.397 e. The number of aromatic nitrogens is 3. The average molecular weight is 774 g/mol. The first-order chi connectivity index (χ1) is 23.8. The van der Waals surface area contributed by atoms with Gasteiger partial charge in [0.2, 0.25) is 17.2 Å². The number of hydrogen-bond donors (Lipinski definition) is 7. The Morgan fingerprint density at radius 3 is 1.73 bits per heavy atom. The minimum atomic E-state index is -5.09. The number of benzene rings is 4. The lowest BCUT2D eigenvalue weighted by Crippen LogP contribution is -2.25. The molecule has 4 aromatic carbocycles. The summed E-state index contributed by atoms with van der Waals surface area (Å²) in [5, 5.41) is 7.56. The average Bonchev–Trinajstić information content (AvgIpc) is 3.03. The molecule has 1 aliphatic rings. The summed E-state index contributed by atoms with van der Waals surface area (Å²) < 4.78 is 102. The van der Waals surface area contributed by atoms with Crippen LogP contribution in [-0.4, -0.2) is 65.4 Å². The summed E-state index contributed by atoms with van der Waals surface area (Å²) >= 11 is 6.03. The molecule has 0 spiro atoms. The number of carbonyl (C=O) groups excluding carboxylic acids is 2. The van der Waals surface area contributed by atoms with E-state index >= 15 is 0 Å². The second-order valence-electron chi connectivity index (χ2n) is 10.6. The zero-order valence-corrected chi connectivity index (χ0v) is 28.3. The third-order valence-corrected chi connectivity index (χ3v) is 10.1. The molecule has 1 aliphatic carbocycles. The van der Waals surface area contributed by atoms with Gasteiger partial charge in [0.1, 0.15) is 9.79 Å². The van der Waals surface area contributed by atoms with Crippen LogP contribution in [0.25, 0.3) is 0 Å². The van der Waals surface area contributed by atoms with Gasteiger partial charge in [0.05, 0.1) is 33.1 Å². The highest BCUT2D eigenvalue weighted by molar-refractivity contribution is 7.86. The van der Waals surface area contributed by atoms with E-state index in [9.17, 15) is 48.5 Å². The highest BCUT2D eigenvalue weighted by Gasteiger charge is 2.37. The van der Waals surface area contributed by atoms with Crippen molar-refractivity contribution in [2.24, 2.45) is 0 Å². The van der Waals surface area contributed by atoms with E-state index in [1.165, 1.54) is 42.5 Å². The van der Waals surface area contributed by atoms with Crippen molar-refractivity contribution >= 4 is 93.9 Å². The van der Waals surface area contributed by atoms with Crippen molar-refractivity contribution in [3.05, 3.63) is 100 Å². The molecule has 1 aromatic heterocycles. The molecule has 0 atom stereocenters. The number of carbonyl (C=O) groups is 2. The van der Waals surface area contributed by atoms with E-state index in [2.05, 4.69) is 30.9 Å². The summed E-state index contributed by atoms with van der Waals surface area (Å²) in [6.45, 7) is 0. The molecule has 0 saturated heterocycles. The van der Waals surface area contributed by atoms with E-state index in [1.807, 2.05) is 0 Å². The number of nitrogens with one attached hydrogen (secondary N) is 3. The number of rotatable bonds is 9. The Labute approximate surface area is 293 Å². The standard InChI is InChI=1S/C29H20ClN7O11S3/c30-27-35-28(32-13-4-3-5-15(10-13)49(40,41)42)37-29(36-27)33-14-8-9-18(20(11-14)50(43,44)45)34-19-12-21(51(46,47)48)24(31)23-22(19)25(38)16-6-1-2-7-17(16)26(23)39/h1-12,34H,31H2,(H,40,41,42)(H,43,44,45)(H,46,47,48)(H2,32,33,35,36,37). The second kappa shape index (κ2) is 12.6. The van der Waals surface area contributed by atoms with Crippen molar-refractivity contribution in [2.45, 2.75) is 14.7 Å². The summed E-state index contributed by atoms with van der Waals surface area (Å²) in [4.78, 5) is 36.8. The van der Waals surface area contributed by atoms with Crippen molar-refractivity contribution in [3.63, 3.8) is 0 Å². The molecule has 22 heteroatoms. The Kier molecular flexibility index (Phi) is 8.75. The molecule has 0 aliphatic heterocycles. The van der Waals surface area contributed by atoms with Crippen LogP contribution in [0.15, 0.2) is 87.5 Å². The Hall–Kier alpha value is -5.55. The van der Waals surface area contributed by atoms with Gasteiger partial charge >= 0.3 is 0 Å². The number of hydrogen-bond acceptors (Lipinski definition) is 15. The molecule has 0 amide bonds. The van der Waals surface area contributed by atoms with Gasteiger partial charge in [0.15, 0.2) is 11.6 Å². The summed E-state index contributed by atoms with van der Waals surface area (Å²) in [7, 11) is -14.7. The zero-order chi connectivity index (χ0) is 37.0. The van der Waals surface area contributed by atoms with Gasteiger partial charge in [0.25, 0.3) is 30.4 Å². The quantitative estimate of drug-likeness (QED) is 0.0810. The first-order valence-corrected chi connectivity index (χ1v) is 18.5. The van der Waals surface area contributed by atoms with E-state index in [1.54, 1.807) is 0 Å². The molecule has 8 N–H and O–H groups in total. The molecule has 0 fully saturated rings. The predicted molar refractivity (Wildman–Crippen MR) is 181 cm³/mol. The topological polar surface area (TPSA) is 298 Å². The van der Waals surface area contributed by atoms with Gasteiger partial charge in [-0.05, 0) is 54.1 Å². The van der Waals surface area contributed by atoms with Gasteiger partial charge in [-0.15, -0.1) is 0 Å². The van der Waals surface area contributed by atoms with Gasteiger partial charge in [0, 0.05) is 22.5 Å². The first-order valence-electron chi connectivity index (χ1n) is 13.9. The van der Waals surface area contributed by atoms with Crippen LogP contribution in [0.5, 0.6) is 0 Å². The Morgan fingerprint density at radius 2 is 1.16 bits per heavy atom. The van der Waals surface area contributed by atoms with Gasteiger partial charge < -0.3 is 21.7 Å². The number of nitrogens with zero attached hydrogens (tertiary/aromatic N) is 3. The number of nitrogen functional groups attached to an aromatic ring is 1. The fourth-order valence-corrected chi connectivity index (χ4v) is 7.13. The number of nitrogens with two attached hydrogens (primary N) is 1. The number of halogens is 1. The molecule has 1 heterocycles. The maximum absolute atomic E-state index is 13.6. The molecule has 0 saturated carbocycles. The van der Waals surface area contributed by atoms with Crippen LogP contribution >= 0.6 is 11.6 Å². The van der Waals surface area contributed by atoms with Crippen molar-refractivity contribution < 1.29 is 48.5 Å². The van der Waals surface area contributed by atoms with Crippen LogP contribution in [0.2, 0.25) is 5.28 Å². The van der Waals surface area contributed by atoms with Crippen LogP contribution < -0.4 is 21.7 Å². The summed E-state index contributed by atoms with van der Waals surface area (Å²) in [6.07, 6.45) is 0. The van der Waals surface area contributed by atoms with E-state index in [-0.39, 0.29) is 39.7 Å². The van der Waals surface area contributed by atoms with Gasteiger partial charge in [-0.25, -0.2) is 0 Å². The Morgan fingerprint density at radius 1 is 0.588 bits per heavy atom. The molecule has 0 bridgehead atoms. The summed E-state index contributed by atoms with van der Waals surface area (Å²) in [5.41, 5.74) is 3.39. The molecule has 51 heavy (non-hydrogen) atoms. The van der Waals surface area contributed by atoms with Gasteiger partial charge in [-0.1, -0.05) is 30.3 Å². The molecular formula is C29H20ClN7O11S3. The number of ketones is 2. The maximum atomic E-state index is 13.6. The third-order valence-electron chi connectivity index (χ3n) is 7.26. The predicted octanol–water partition coefficient (Wildman–Crippen LogP) is 3.85. The zero-order valence-electron chi connectivity index (χ0n) is 25.1. The maximum Gasteiger partial charge on any atom is 0.296 e. The third kappa shape index (κ3) is 7.07. The van der Waals surface area contributed by atoms with Crippen molar-refractivity contribution in [2.75, 3.05) is 21.7 Å². The second-order valence-corrected chi connectivity index (χ2v) is 15.1. The van der Waals surface area contributed by atoms with Gasteiger partial charge in [-0.3, -0.25) is 23.2 Å². The van der Waals surface area contributed by atoms with Crippen LogP contribution in [0, 0.1) is 0 Å². The highest BCUT2D eigenvalue weighted by atomic mass is 35.5. The number of anilines is 7. The minimum absolute atomic E-state index is 0.0531. The summed E-state index contributed by atoms with van der Waals surface area (Å²) in [6, 6.07) is 14.6. The van der Waals surface area contributed by atoms with Crippen molar-refractivity contribution in [1.82, 2.24) is 15.0 Å². The van der Waals surface area contributed by atoms with E-state index in [0.29, 0.717) is 0 Å². The fourth-order valence-electron chi connectivity index (χ4n) is 5.12. The Balaban J connectivity index is 1.39. The van der Waals surface area contributed by atoms with Crippen LogP contribution in [0.3, 0.4) is 0 Å². The lowest BCUT2D eigenvalue weighted by atomic mass is 9.82. The molecule has 0 radical (unpaired) electrons. The molecule has 5 aromatic rings. The van der Waals surface area contributed by atoms with E-state index in [0.717, 1.165) is 30.3 Å². The number of fused-ring (bicyclic) bond motifs is 2. The van der Waals surface area contributed by atoms with E-state index < -0.39 is 84.8 Å². The summed E-state index contributed by atoms with van der Waals surface area (Å²) in [5.74, 6) is -2.08. The minimum Gasteiger partial charge on any atom is -0.397 e.